The summed E-state index contributed by atoms with van der Waals surface area (Å²) in [5.74, 6) is -0.169. The summed E-state index contributed by atoms with van der Waals surface area (Å²) < 4.78 is 13.0. The van der Waals surface area contributed by atoms with Crippen molar-refractivity contribution in [3.05, 3.63) is 41.2 Å². The minimum absolute atomic E-state index is 0.169. The quantitative estimate of drug-likeness (QED) is 0.680. The maximum atomic E-state index is 13.0. The third kappa shape index (κ3) is 2.45. The molecular weight excluding hydrogens is 219 g/mol. The molecule has 1 rings (SSSR count). The molecule has 0 aliphatic rings. The van der Waals surface area contributed by atoms with Crippen LogP contribution in [0.1, 0.15) is 11.1 Å². The molecule has 12 heavy (non-hydrogen) atoms. The smallest absolute Gasteiger partial charge is 0.130 e. The summed E-state index contributed by atoms with van der Waals surface area (Å²) in [5.41, 5.74) is 1.72. The lowest BCUT2D eigenvalue weighted by atomic mass is 10.1. The van der Waals surface area contributed by atoms with Crippen molar-refractivity contribution in [2.75, 3.05) is 5.33 Å². The van der Waals surface area contributed by atoms with Crippen LogP contribution in [0.15, 0.2) is 24.3 Å². The maximum absolute atomic E-state index is 13.0. The molecule has 0 unspecified atom stereocenters. The third-order valence-electron chi connectivity index (χ3n) is 1.54. The summed E-state index contributed by atoms with van der Waals surface area (Å²) in [6.07, 6.45) is 3.65. The van der Waals surface area contributed by atoms with Gasteiger partial charge in [0, 0.05) is 10.9 Å². The van der Waals surface area contributed by atoms with E-state index >= 15 is 0 Å². The van der Waals surface area contributed by atoms with Crippen LogP contribution in [0.3, 0.4) is 0 Å². The van der Waals surface area contributed by atoms with Crippen molar-refractivity contribution in [1.29, 1.82) is 0 Å². The molecule has 0 aliphatic carbocycles. The number of rotatable bonds is 2. The molecule has 2 heteroatoms. The molecule has 0 aliphatic heterocycles. The average Bonchev–Trinajstić information content (AvgIpc) is 2.07. The van der Waals surface area contributed by atoms with Crippen LogP contribution in [0, 0.1) is 12.7 Å². The minimum Gasteiger partial charge on any atom is -0.206 e. The van der Waals surface area contributed by atoms with Gasteiger partial charge in [-0.25, -0.2) is 4.39 Å². The number of benzene rings is 1. The van der Waals surface area contributed by atoms with Crippen LogP contribution in [-0.4, -0.2) is 5.33 Å². The second-order valence-electron chi connectivity index (χ2n) is 2.58. The van der Waals surface area contributed by atoms with E-state index in [0.29, 0.717) is 5.56 Å². The Hall–Kier alpha value is -0.630. The van der Waals surface area contributed by atoms with Crippen molar-refractivity contribution in [1.82, 2.24) is 0 Å². The predicted molar refractivity (Wildman–Crippen MR) is 54.0 cm³/mol. The normalized spacial score (nSPS) is 10.9. The summed E-state index contributed by atoms with van der Waals surface area (Å²) in [6.45, 7) is 1.95. The molecule has 0 bridgehead atoms. The van der Waals surface area contributed by atoms with Crippen LogP contribution in [-0.2, 0) is 0 Å². The second kappa shape index (κ2) is 4.41. The van der Waals surface area contributed by atoms with Gasteiger partial charge in [-0.05, 0) is 19.1 Å². The van der Waals surface area contributed by atoms with Crippen LogP contribution < -0.4 is 0 Å². The van der Waals surface area contributed by atoms with E-state index < -0.39 is 0 Å². The van der Waals surface area contributed by atoms with Gasteiger partial charge in [0.15, 0.2) is 0 Å². The summed E-state index contributed by atoms with van der Waals surface area (Å²) in [6, 6.07) is 5.08. The van der Waals surface area contributed by atoms with Gasteiger partial charge in [-0.3, -0.25) is 0 Å². The minimum atomic E-state index is -0.169. The van der Waals surface area contributed by atoms with Gasteiger partial charge >= 0.3 is 0 Å². The Morgan fingerprint density at radius 3 is 2.92 bits per heavy atom. The molecule has 0 N–H and O–H groups in total. The van der Waals surface area contributed by atoms with E-state index in [2.05, 4.69) is 15.9 Å². The van der Waals surface area contributed by atoms with E-state index in [1.165, 1.54) is 6.07 Å². The first-order valence-corrected chi connectivity index (χ1v) is 4.85. The lowest BCUT2D eigenvalue weighted by Crippen LogP contribution is -1.82. The molecule has 0 saturated heterocycles. The van der Waals surface area contributed by atoms with Crippen molar-refractivity contribution >= 4 is 22.0 Å². The van der Waals surface area contributed by atoms with Crippen LogP contribution >= 0.6 is 15.9 Å². The van der Waals surface area contributed by atoms with Gasteiger partial charge in [0.1, 0.15) is 5.82 Å². The van der Waals surface area contributed by atoms with Crippen molar-refractivity contribution in [2.45, 2.75) is 6.92 Å². The van der Waals surface area contributed by atoms with Crippen molar-refractivity contribution in [2.24, 2.45) is 0 Å². The van der Waals surface area contributed by atoms with E-state index in [-0.39, 0.29) is 5.82 Å². The fourth-order valence-corrected chi connectivity index (χ4v) is 1.15. The van der Waals surface area contributed by atoms with E-state index in [4.69, 9.17) is 0 Å². The molecule has 0 atom stereocenters. The first-order chi connectivity index (χ1) is 5.74. The number of alkyl halides is 1. The van der Waals surface area contributed by atoms with E-state index in [0.717, 1.165) is 10.9 Å². The highest BCUT2D eigenvalue weighted by atomic mass is 79.9. The highest BCUT2D eigenvalue weighted by Gasteiger charge is 1.96. The molecule has 0 nitrogen and oxygen atoms in total. The molecule has 0 aromatic heterocycles. The molecule has 1 aromatic rings. The molecule has 64 valence electrons. The Bertz CT molecular complexity index is 292. The lowest BCUT2D eigenvalue weighted by molar-refractivity contribution is 0.624. The molecule has 0 saturated carbocycles. The van der Waals surface area contributed by atoms with E-state index in [1.54, 1.807) is 12.1 Å². The zero-order valence-corrected chi connectivity index (χ0v) is 8.44. The summed E-state index contributed by atoms with van der Waals surface area (Å²) >= 11 is 3.24. The van der Waals surface area contributed by atoms with Gasteiger partial charge in [-0.2, -0.15) is 0 Å². The van der Waals surface area contributed by atoms with Gasteiger partial charge in [0.05, 0.1) is 0 Å². The topological polar surface area (TPSA) is 0 Å². The number of aryl methyl sites for hydroxylation is 1. The summed E-state index contributed by atoms with van der Waals surface area (Å²) in [7, 11) is 0. The number of allylic oxidation sites excluding steroid dienone is 1. The fraction of sp³-hybridized carbons (Fsp3) is 0.200. The Kier molecular flexibility index (Phi) is 3.48. The van der Waals surface area contributed by atoms with Gasteiger partial charge in [0.2, 0.25) is 0 Å². The van der Waals surface area contributed by atoms with Crippen LogP contribution in [0.2, 0.25) is 0 Å². The Balaban J connectivity index is 2.97. The van der Waals surface area contributed by atoms with Crippen molar-refractivity contribution in [3.63, 3.8) is 0 Å². The van der Waals surface area contributed by atoms with E-state index in [1.807, 2.05) is 19.1 Å². The monoisotopic (exact) mass is 228 g/mol. The van der Waals surface area contributed by atoms with Gasteiger partial charge < -0.3 is 0 Å². The largest absolute Gasteiger partial charge is 0.206 e. The summed E-state index contributed by atoms with van der Waals surface area (Å²) in [4.78, 5) is 0. The maximum Gasteiger partial charge on any atom is 0.130 e. The molecule has 0 amide bonds. The predicted octanol–water partition coefficient (Wildman–Crippen LogP) is 3.54. The molecule has 0 fully saturated rings. The Morgan fingerprint density at radius 2 is 2.25 bits per heavy atom. The van der Waals surface area contributed by atoms with Gasteiger partial charge in [-0.1, -0.05) is 39.7 Å². The SMILES string of the molecule is Cc1ccc(F)c(C=CCBr)c1. The molecule has 0 radical (unpaired) electrons. The highest BCUT2D eigenvalue weighted by Crippen LogP contribution is 2.11. The zero-order valence-electron chi connectivity index (χ0n) is 6.85. The van der Waals surface area contributed by atoms with E-state index in [9.17, 15) is 4.39 Å². The van der Waals surface area contributed by atoms with Gasteiger partial charge in [0.25, 0.3) is 0 Å². The molecule has 0 heterocycles. The fourth-order valence-electron chi connectivity index (χ4n) is 0.962. The molecule has 1 aromatic carbocycles. The average molecular weight is 229 g/mol. The second-order valence-corrected chi connectivity index (χ2v) is 3.23. The summed E-state index contributed by atoms with van der Waals surface area (Å²) in [5, 5.41) is 0.750. The molecular formula is C10H10BrF. The first kappa shape index (κ1) is 9.46. The number of hydrogen-bond acceptors (Lipinski definition) is 0. The lowest BCUT2D eigenvalue weighted by Gasteiger charge is -1.97. The Labute approximate surface area is 80.2 Å². The standard InChI is InChI=1S/C10H10BrF/c1-8-4-5-10(12)9(7-8)3-2-6-11/h2-5,7H,6H2,1H3. The first-order valence-electron chi connectivity index (χ1n) is 3.72. The Morgan fingerprint density at radius 1 is 1.50 bits per heavy atom. The number of hydrogen-bond donors (Lipinski definition) is 0. The van der Waals surface area contributed by atoms with Crippen LogP contribution in [0.4, 0.5) is 4.39 Å². The zero-order chi connectivity index (χ0) is 8.97. The van der Waals surface area contributed by atoms with Crippen molar-refractivity contribution in [3.8, 4) is 0 Å². The highest BCUT2D eigenvalue weighted by molar-refractivity contribution is 9.09. The van der Waals surface area contributed by atoms with Crippen LogP contribution in [0.25, 0.3) is 6.08 Å². The van der Waals surface area contributed by atoms with Crippen molar-refractivity contribution < 1.29 is 4.39 Å². The third-order valence-corrected chi connectivity index (χ3v) is 1.91. The molecule has 0 spiro atoms. The number of halogens is 2. The van der Waals surface area contributed by atoms with Gasteiger partial charge in [-0.15, -0.1) is 0 Å². The van der Waals surface area contributed by atoms with Crippen LogP contribution in [0.5, 0.6) is 0 Å².